The van der Waals surface area contributed by atoms with Crippen molar-refractivity contribution in [1.29, 1.82) is 0 Å². The van der Waals surface area contributed by atoms with Crippen LogP contribution in [0.2, 0.25) is 0 Å². The van der Waals surface area contributed by atoms with Gasteiger partial charge in [0.2, 0.25) is 0 Å². The second-order valence-corrected chi connectivity index (χ2v) is 5.60. The van der Waals surface area contributed by atoms with Gasteiger partial charge in [0.1, 0.15) is 12.4 Å². The third-order valence-corrected chi connectivity index (χ3v) is 3.79. The highest BCUT2D eigenvalue weighted by molar-refractivity contribution is 5.89. The Hall–Kier alpha value is -3.03. The molecule has 2 aromatic rings. The standard InChI is InChI=1S/C18H15F3O5/c1-10(16(22)23)11-3-2-4-14(8-11)26-9-12-7-13(18(19,20)21)5-6-15(12)17(24)25/h2-8,10H,9H2,1H3,(H,22,23)(H,24,25)/t10-/m0/s1. The van der Waals surface area contributed by atoms with E-state index in [0.29, 0.717) is 11.6 Å². The molecule has 0 spiro atoms. The molecule has 5 nitrogen and oxygen atoms in total. The Labute approximate surface area is 146 Å². The number of benzene rings is 2. The van der Waals surface area contributed by atoms with Gasteiger partial charge in [0, 0.05) is 5.56 Å². The van der Waals surface area contributed by atoms with Gasteiger partial charge in [-0.2, -0.15) is 13.2 Å². The van der Waals surface area contributed by atoms with Crippen molar-refractivity contribution in [3.63, 3.8) is 0 Å². The number of hydrogen-bond acceptors (Lipinski definition) is 3. The SMILES string of the molecule is C[C@H](C(=O)O)c1cccc(OCc2cc(C(F)(F)F)ccc2C(=O)O)c1. The van der Waals surface area contributed by atoms with Crippen molar-refractivity contribution in [3.05, 3.63) is 64.7 Å². The lowest BCUT2D eigenvalue weighted by molar-refractivity contribution is -0.138. The second-order valence-electron chi connectivity index (χ2n) is 5.60. The van der Waals surface area contributed by atoms with E-state index in [1.165, 1.54) is 19.1 Å². The maximum atomic E-state index is 12.8. The quantitative estimate of drug-likeness (QED) is 0.799. The Morgan fingerprint density at radius 1 is 1.12 bits per heavy atom. The zero-order valence-corrected chi connectivity index (χ0v) is 13.6. The van der Waals surface area contributed by atoms with Crippen LogP contribution in [0.25, 0.3) is 0 Å². The Balaban J connectivity index is 2.27. The number of ether oxygens (including phenoxy) is 1. The summed E-state index contributed by atoms with van der Waals surface area (Å²) < 4.78 is 43.9. The highest BCUT2D eigenvalue weighted by Crippen LogP contribution is 2.31. The number of halogens is 3. The summed E-state index contributed by atoms with van der Waals surface area (Å²) in [6.45, 7) is 1.08. The lowest BCUT2D eigenvalue weighted by Crippen LogP contribution is -2.11. The number of aliphatic carboxylic acids is 1. The summed E-state index contributed by atoms with van der Waals surface area (Å²) in [6.07, 6.45) is -4.61. The zero-order chi connectivity index (χ0) is 19.5. The Morgan fingerprint density at radius 3 is 2.38 bits per heavy atom. The molecule has 0 aromatic heterocycles. The van der Waals surface area contributed by atoms with Gasteiger partial charge in [-0.05, 0) is 42.8 Å². The Morgan fingerprint density at radius 2 is 1.81 bits per heavy atom. The summed E-state index contributed by atoms with van der Waals surface area (Å²) in [4.78, 5) is 22.2. The third kappa shape index (κ3) is 4.53. The van der Waals surface area contributed by atoms with Crippen LogP contribution in [0.5, 0.6) is 5.75 Å². The molecular weight excluding hydrogens is 353 g/mol. The van der Waals surface area contributed by atoms with Crippen molar-refractivity contribution in [2.24, 2.45) is 0 Å². The molecule has 0 fully saturated rings. The van der Waals surface area contributed by atoms with Gasteiger partial charge < -0.3 is 14.9 Å². The molecule has 138 valence electrons. The molecule has 26 heavy (non-hydrogen) atoms. The summed E-state index contributed by atoms with van der Waals surface area (Å²) in [5.41, 5.74) is -0.955. The predicted octanol–water partition coefficient (Wildman–Crippen LogP) is 4.17. The molecule has 0 unspecified atom stereocenters. The van der Waals surface area contributed by atoms with Crippen LogP contribution in [0.3, 0.4) is 0 Å². The summed E-state index contributed by atoms with van der Waals surface area (Å²) in [5.74, 6) is -2.97. The van der Waals surface area contributed by atoms with Gasteiger partial charge in [-0.3, -0.25) is 4.79 Å². The van der Waals surface area contributed by atoms with Crippen molar-refractivity contribution in [3.8, 4) is 5.75 Å². The van der Waals surface area contributed by atoms with Gasteiger partial charge in [0.15, 0.2) is 0 Å². The van der Waals surface area contributed by atoms with E-state index in [4.69, 9.17) is 14.9 Å². The van der Waals surface area contributed by atoms with Crippen molar-refractivity contribution < 1.29 is 37.7 Å². The monoisotopic (exact) mass is 368 g/mol. The molecule has 0 radical (unpaired) electrons. The number of carboxylic acids is 2. The predicted molar refractivity (Wildman–Crippen MR) is 85.2 cm³/mol. The molecule has 0 heterocycles. The number of carbonyl (C=O) groups is 2. The molecule has 2 aromatic carbocycles. The van der Waals surface area contributed by atoms with Crippen molar-refractivity contribution in [1.82, 2.24) is 0 Å². The average Bonchev–Trinajstić information content (AvgIpc) is 2.58. The molecule has 0 aliphatic carbocycles. The van der Waals surface area contributed by atoms with Gasteiger partial charge in [0.05, 0.1) is 17.0 Å². The molecule has 0 bridgehead atoms. The van der Waals surface area contributed by atoms with Gasteiger partial charge in [0.25, 0.3) is 0 Å². The average molecular weight is 368 g/mol. The molecule has 0 amide bonds. The molecule has 0 aliphatic heterocycles. The van der Waals surface area contributed by atoms with E-state index in [1.807, 2.05) is 0 Å². The molecular formula is C18H15F3O5. The van der Waals surface area contributed by atoms with E-state index < -0.39 is 36.2 Å². The first-order chi connectivity index (χ1) is 12.1. The van der Waals surface area contributed by atoms with E-state index in [0.717, 1.165) is 12.1 Å². The van der Waals surface area contributed by atoms with E-state index >= 15 is 0 Å². The highest BCUT2D eigenvalue weighted by atomic mass is 19.4. The number of hydrogen-bond donors (Lipinski definition) is 2. The highest BCUT2D eigenvalue weighted by Gasteiger charge is 2.31. The molecule has 0 saturated carbocycles. The van der Waals surface area contributed by atoms with E-state index in [1.54, 1.807) is 12.1 Å². The van der Waals surface area contributed by atoms with Crippen LogP contribution in [0.15, 0.2) is 42.5 Å². The van der Waals surface area contributed by atoms with Crippen molar-refractivity contribution in [2.75, 3.05) is 0 Å². The summed E-state index contributed by atoms with van der Waals surface area (Å²) in [7, 11) is 0. The molecule has 8 heteroatoms. The molecule has 0 saturated heterocycles. The van der Waals surface area contributed by atoms with Crippen LogP contribution in [0.1, 0.15) is 39.9 Å². The minimum Gasteiger partial charge on any atom is -0.489 e. The lowest BCUT2D eigenvalue weighted by atomic mass is 10.0. The van der Waals surface area contributed by atoms with E-state index in [2.05, 4.69) is 0 Å². The van der Waals surface area contributed by atoms with Crippen LogP contribution >= 0.6 is 0 Å². The first-order valence-electron chi connectivity index (χ1n) is 7.48. The largest absolute Gasteiger partial charge is 0.489 e. The number of carboxylic acid groups (broad SMARTS) is 2. The maximum Gasteiger partial charge on any atom is 0.416 e. The van der Waals surface area contributed by atoms with E-state index in [9.17, 15) is 22.8 Å². The smallest absolute Gasteiger partial charge is 0.416 e. The van der Waals surface area contributed by atoms with Gasteiger partial charge >= 0.3 is 18.1 Å². The van der Waals surface area contributed by atoms with Crippen molar-refractivity contribution >= 4 is 11.9 Å². The van der Waals surface area contributed by atoms with Crippen LogP contribution in [0.4, 0.5) is 13.2 Å². The summed E-state index contributed by atoms with van der Waals surface area (Å²) in [6, 6.07) is 8.40. The summed E-state index contributed by atoms with van der Waals surface area (Å²) >= 11 is 0. The molecule has 0 aliphatic rings. The number of alkyl halides is 3. The maximum absolute atomic E-state index is 12.8. The molecule has 2 N–H and O–H groups in total. The minimum atomic E-state index is -4.61. The van der Waals surface area contributed by atoms with Gasteiger partial charge in [-0.15, -0.1) is 0 Å². The number of rotatable bonds is 6. The fraction of sp³-hybridized carbons (Fsp3) is 0.222. The third-order valence-electron chi connectivity index (χ3n) is 3.79. The fourth-order valence-electron chi connectivity index (χ4n) is 2.28. The minimum absolute atomic E-state index is 0.135. The molecule has 2 rings (SSSR count). The van der Waals surface area contributed by atoms with E-state index in [-0.39, 0.29) is 16.9 Å². The Bertz CT molecular complexity index is 830. The first kappa shape index (κ1) is 19.3. The van der Waals surface area contributed by atoms with Gasteiger partial charge in [-0.1, -0.05) is 12.1 Å². The second kappa shape index (κ2) is 7.47. The topological polar surface area (TPSA) is 83.8 Å². The van der Waals surface area contributed by atoms with Gasteiger partial charge in [-0.25, -0.2) is 4.79 Å². The molecule has 1 atom stereocenters. The summed E-state index contributed by atoms with van der Waals surface area (Å²) in [5, 5.41) is 18.2. The zero-order valence-electron chi connectivity index (χ0n) is 13.6. The van der Waals surface area contributed by atoms with Crippen LogP contribution < -0.4 is 4.74 Å². The van der Waals surface area contributed by atoms with Crippen molar-refractivity contribution in [2.45, 2.75) is 25.6 Å². The van der Waals surface area contributed by atoms with Crippen LogP contribution in [0, 0.1) is 0 Å². The number of aromatic carboxylic acids is 1. The first-order valence-corrected chi connectivity index (χ1v) is 7.48. The Kier molecular flexibility index (Phi) is 5.54. The fourth-order valence-corrected chi connectivity index (χ4v) is 2.28. The normalized spacial score (nSPS) is 12.5. The van der Waals surface area contributed by atoms with Crippen LogP contribution in [-0.2, 0) is 17.6 Å². The lowest BCUT2D eigenvalue weighted by Gasteiger charge is -2.14. The van der Waals surface area contributed by atoms with Crippen LogP contribution in [-0.4, -0.2) is 22.2 Å².